The lowest BCUT2D eigenvalue weighted by molar-refractivity contribution is 0.607. The van der Waals surface area contributed by atoms with Gasteiger partial charge in [-0.25, -0.2) is 8.42 Å². The van der Waals surface area contributed by atoms with Crippen molar-refractivity contribution in [3.05, 3.63) is 54.1 Å². The van der Waals surface area contributed by atoms with Gasteiger partial charge in [0, 0.05) is 17.1 Å². The Morgan fingerprint density at radius 2 is 1.63 bits per heavy atom. The minimum absolute atomic E-state index is 0.568. The molecule has 0 aliphatic carbocycles. The van der Waals surface area contributed by atoms with Crippen LogP contribution in [0.4, 0.5) is 17.1 Å². The molecule has 0 saturated carbocycles. The average Bonchev–Trinajstić information content (AvgIpc) is 2.32. The number of para-hydroxylation sites is 1. The third-order valence-corrected chi connectivity index (χ3v) is 3.19. The maximum atomic E-state index is 11.2. The average molecular weight is 276 g/mol. The van der Waals surface area contributed by atoms with Crippen molar-refractivity contribution < 1.29 is 8.42 Å². The van der Waals surface area contributed by atoms with E-state index in [1.165, 1.54) is 0 Å². The van der Waals surface area contributed by atoms with E-state index >= 15 is 0 Å². The van der Waals surface area contributed by atoms with Crippen molar-refractivity contribution in [1.82, 2.24) is 0 Å². The Morgan fingerprint density at radius 1 is 0.947 bits per heavy atom. The van der Waals surface area contributed by atoms with Gasteiger partial charge in [0.1, 0.15) is 0 Å². The van der Waals surface area contributed by atoms with Crippen molar-refractivity contribution in [3.8, 4) is 0 Å². The zero-order chi connectivity index (χ0) is 13.9. The molecule has 0 unspecified atom stereocenters. The molecule has 0 aliphatic rings. The van der Waals surface area contributed by atoms with E-state index in [2.05, 4.69) is 10.0 Å². The number of nitrogens with one attached hydrogen (secondary N) is 2. The van der Waals surface area contributed by atoms with Gasteiger partial charge in [-0.15, -0.1) is 0 Å². The number of hydrogen-bond acceptors (Lipinski definition) is 3. The van der Waals surface area contributed by atoms with Crippen molar-refractivity contribution in [2.75, 3.05) is 16.3 Å². The minimum atomic E-state index is -3.24. The molecule has 0 spiro atoms. The highest BCUT2D eigenvalue weighted by molar-refractivity contribution is 7.92. The summed E-state index contributed by atoms with van der Waals surface area (Å²) in [7, 11) is -3.24. The fourth-order valence-electron chi connectivity index (χ4n) is 1.76. The van der Waals surface area contributed by atoms with Crippen LogP contribution in [0.5, 0.6) is 0 Å². The molecular weight excluding hydrogens is 260 g/mol. The first kappa shape index (κ1) is 13.4. The first-order valence-electron chi connectivity index (χ1n) is 5.84. The summed E-state index contributed by atoms with van der Waals surface area (Å²) >= 11 is 0. The van der Waals surface area contributed by atoms with Gasteiger partial charge < -0.3 is 5.32 Å². The fraction of sp³-hybridized carbons (Fsp3) is 0.143. The molecule has 0 bridgehead atoms. The summed E-state index contributed by atoms with van der Waals surface area (Å²) in [6, 6.07) is 15.2. The summed E-state index contributed by atoms with van der Waals surface area (Å²) < 4.78 is 24.8. The minimum Gasteiger partial charge on any atom is -0.355 e. The highest BCUT2D eigenvalue weighted by Crippen LogP contribution is 2.23. The summed E-state index contributed by atoms with van der Waals surface area (Å²) in [4.78, 5) is 0. The predicted octanol–water partition coefficient (Wildman–Crippen LogP) is 3.11. The van der Waals surface area contributed by atoms with Gasteiger partial charge >= 0.3 is 0 Å². The molecule has 0 radical (unpaired) electrons. The van der Waals surface area contributed by atoms with E-state index in [4.69, 9.17) is 0 Å². The van der Waals surface area contributed by atoms with E-state index in [0.717, 1.165) is 23.2 Å². The quantitative estimate of drug-likeness (QED) is 0.902. The Balaban J connectivity index is 2.20. The molecule has 19 heavy (non-hydrogen) atoms. The fourth-order valence-corrected chi connectivity index (χ4v) is 2.31. The molecule has 0 saturated heterocycles. The highest BCUT2D eigenvalue weighted by atomic mass is 32.2. The number of anilines is 3. The summed E-state index contributed by atoms with van der Waals surface area (Å²) in [5, 5.41) is 3.29. The van der Waals surface area contributed by atoms with Crippen molar-refractivity contribution in [2.24, 2.45) is 0 Å². The standard InChI is InChI=1S/C14H16N2O2S/c1-11-10-13(16-19(2,17)18)8-9-14(11)15-12-6-4-3-5-7-12/h3-10,15-16H,1-2H3. The van der Waals surface area contributed by atoms with Crippen LogP contribution in [0.25, 0.3) is 0 Å². The topological polar surface area (TPSA) is 58.2 Å². The first-order chi connectivity index (χ1) is 8.94. The number of aryl methyl sites for hydroxylation is 1. The van der Waals surface area contributed by atoms with Gasteiger partial charge in [-0.05, 0) is 42.8 Å². The Morgan fingerprint density at radius 3 is 2.21 bits per heavy atom. The second-order valence-electron chi connectivity index (χ2n) is 4.39. The molecule has 100 valence electrons. The number of rotatable bonds is 4. The number of sulfonamides is 1. The molecule has 2 rings (SSSR count). The smallest absolute Gasteiger partial charge is 0.229 e. The van der Waals surface area contributed by atoms with E-state index in [1.54, 1.807) is 12.1 Å². The van der Waals surface area contributed by atoms with E-state index in [-0.39, 0.29) is 0 Å². The zero-order valence-corrected chi connectivity index (χ0v) is 11.7. The maximum Gasteiger partial charge on any atom is 0.229 e. The molecule has 0 atom stereocenters. The van der Waals surface area contributed by atoms with Crippen LogP contribution >= 0.6 is 0 Å². The van der Waals surface area contributed by atoms with Gasteiger partial charge in [-0.3, -0.25) is 4.72 Å². The highest BCUT2D eigenvalue weighted by Gasteiger charge is 2.04. The second kappa shape index (κ2) is 5.32. The normalized spacial score (nSPS) is 11.1. The van der Waals surface area contributed by atoms with Crippen LogP contribution in [-0.4, -0.2) is 14.7 Å². The predicted molar refractivity (Wildman–Crippen MR) is 79.4 cm³/mol. The van der Waals surface area contributed by atoms with Crippen LogP contribution in [0.15, 0.2) is 48.5 Å². The van der Waals surface area contributed by atoms with Crippen LogP contribution < -0.4 is 10.0 Å². The summed E-state index contributed by atoms with van der Waals surface area (Å²) in [5.74, 6) is 0. The van der Waals surface area contributed by atoms with Crippen molar-refractivity contribution >= 4 is 27.1 Å². The van der Waals surface area contributed by atoms with Crippen molar-refractivity contribution in [3.63, 3.8) is 0 Å². The molecule has 2 aromatic carbocycles. The van der Waals surface area contributed by atoms with Crippen molar-refractivity contribution in [2.45, 2.75) is 6.92 Å². The lowest BCUT2D eigenvalue weighted by Gasteiger charge is -2.11. The zero-order valence-electron chi connectivity index (χ0n) is 10.8. The second-order valence-corrected chi connectivity index (χ2v) is 6.14. The summed E-state index contributed by atoms with van der Waals surface area (Å²) in [6.45, 7) is 1.93. The molecule has 2 aromatic rings. The first-order valence-corrected chi connectivity index (χ1v) is 7.74. The maximum absolute atomic E-state index is 11.2. The van der Waals surface area contributed by atoms with E-state index in [0.29, 0.717) is 5.69 Å². The summed E-state index contributed by atoms with van der Waals surface area (Å²) in [5.41, 5.74) is 3.48. The molecule has 0 fully saturated rings. The molecule has 0 heterocycles. The largest absolute Gasteiger partial charge is 0.355 e. The molecule has 2 N–H and O–H groups in total. The third-order valence-electron chi connectivity index (χ3n) is 2.58. The Bertz CT molecular complexity index is 667. The number of hydrogen-bond donors (Lipinski definition) is 2. The van der Waals surface area contributed by atoms with Crippen molar-refractivity contribution in [1.29, 1.82) is 0 Å². The Hall–Kier alpha value is -2.01. The van der Waals surface area contributed by atoms with Gasteiger partial charge in [0.15, 0.2) is 0 Å². The monoisotopic (exact) mass is 276 g/mol. The van der Waals surface area contributed by atoms with E-state index < -0.39 is 10.0 Å². The van der Waals surface area contributed by atoms with Crippen LogP contribution in [0.1, 0.15) is 5.56 Å². The number of benzene rings is 2. The van der Waals surface area contributed by atoms with Gasteiger partial charge in [-0.1, -0.05) is 18.2 Å². The lowest BCUT2D eigenvalue weighted by atomic mass is 10.1. The van der Waals surface area contributed by atoms with Gasteiger partial charge in [0.25, 0.3) is 0 Å². The van der Waals surface area contributed by atoms with E-state index in [9.17, 15) is 8.42 Å². The SMILES string of the molecule is Cc1cc(NS(C)(=O)=O)ccc1Nc1ccccc1. The molecule has 4 nitrogen and oxygen atoms in total. The van der Waals surface area contributed by atoms with Gasteiger partial charge in [-0.2, -0.15) is 0 Å². The lowest BCUT2D eigenvalue weighted by Crippen LogP contribution is -2.09. The van der Waals surface area contributed by atoms with Gasteiger partial charge in [0.05, 0.1) is 6.26 Å². The van der Waals surface area contributed by atoms with Crippen LogP contribution in [-0.2, 0) is 10.0 Å². The van der Waals surface area contributed by atoms with Crippen LogP contribution in [0, 0.1) is 6.92 Å². The molecule has 0 aromatic heterocycles. The van der Waals surface area contributed by atoms with E-state index in [1.807, 2.05) is 43.3 Å². The Kier molecular flexibility index (Phi) is 3.76. The summed E-state index contributed by atoms with van der Waals surface area (Å²) in [6.07, 6.45) is 1.14. The Labute approximate surface area is 113 Å². The van der Waals surface area contributed by atoms with Crippen LogP contribution in [0.3, 0.4) is 0 Å². The van der Waals surface area contributed by atoms with Gasteiger partial charge in [0.2, 0.25) is 10.0 Å². The van der Waals surface area contributed by atoms with Crippen LogP contribution in [0.2, 0.25) is 0 Å². The molecule has 0 amide bonds. The molecule has 5 heteroatoms. The molecular formula is C14H16N2O2S. The molecule has 0 aliphatic heterocycles. The third kappa shape index (κ3) is 3.99.